The van der Waals surface area contributed by atoms with Gasteiger partial charge < -0.3 is 14.7 Å². The Bertz CT molecular complexity index is 1350. The largest absolute Gasteiger partial charge is 0.507 e. The normalized spacial score (nSPS) is 17.1. The summed E-state index contributed by atoms with van der Waals surface area (Å²) in [5.74, 6) is -1.68. The summed E-state index contributed by atoms with van der Waals surface area (Å²) in [6, 6.07) is 16.4. The number of halogens is 3. The molecule has 0 aliphatic carbocycles. The van der Waals surface area contributed by atoms with Gasteiger partial charge in [0.25, 0.3) is 11.7 Å². The molecule has 1 unspecified atom stereocenters. The minimum absolute atomic E-state index is 0.101. The van der Waals surface area contributed by atoms with Crippen molar-refractivity contribution in [2.45, 2.75) is 25.6 Å². The van der Waals surface area contributed by atoms with E-state index < -0.39 is 29.5 Å². The molecule has 1 atom stereocenters. The van der Waals surface area contributed by atoms with Gasteiger partial charge in [-0.25, -0.2) is 0 Å². The van der Waals surface area contributed by atoms with E-state index in [-0.39, 0.29) is 17.0 Å². The second kappa shape index (κ2) is 10.6. The van der Waals surface area contributed by atoms with Gasteiger partial charge in [-0.2, -0.15) is 13.2 Å². The number of amides is 1. The highest BCUT2D eigenvalue weighted by atomic mass is 19.4. The lowest BCUT2D eigenvalue weighted by Crippen LogP contribution is -2.29. The Labute approximate surface area is 218 Å². The van der Waals surface area contributed by atoms with E-state index in [1.54, 1.807) is 48.5 Å². The smallest absolute Gasteiger partial charge is 0.416 e. The molecule has 1 saturated heterocycles. The molecule has 0 saturated carbocycles. The average Bonchev–Trinajstić information content (AvgIpc) is 3.17. The van der Waals surface area contributed by atoms with Crippen LogP contribution in [-0.2, 0) is 15.8 Å². The van der Waals surface area contributed by atoms with Crippen LogP contribution in [0.25, 0.3) is 5.76 Å². The fourth-order valence-electron chi connectivity index (χ4n) is 4.26. The number of rotatable bonds is 7. The summed E-state index contributed by atoms with van der Waals surface area (Å²) in [6.45, 7) is 2.49. The summed E-state index contributed by atoms with van der Waals surface area (Å²) >= 11 is 0. The van der Waals surface area contributed by atoms with Crippen molar-refractivity contribution in [1.29, 1.82) is 0 Å². The summed E-state index contributed by atoms with van der Waals surface area (Å²) in [4.78, 5) is 29.5. The monoisotopic (exact) mass is 524 g/mol. The van der Waals surface area contributed by atoms with E-state index in [9.17, 15) is 27.9 Å². The van der Waals surface area contributed by atoms with Crippen molar-refractivity contribution in [1.82, 2.24) is 0 Å². The highest BCUT2D eigenvalue weighted by Crippen LogP contribution is 2.43. The number of Topliss-reactive ketones (excluding diaryl/α,β-unsaturated/α-hetero) is 1. The van der Waals surface area contributed by atoms with E-state index in [0.29, 0.717) is 23.5 Å². The maximum atomic E-state index is 13.3. The number of aliphatic hydroxyl groups is 1. The molecule has 4 rings (SSSR count). The molecule has 3 aromatic carbocycles. The van der Waals surface area contributed by atoms with E-state index in [4.69, 9.17) is 4.74 Å². The van der Waals surface area contributed by atoms with Gasteiger partial charge in [-0.05, 0) is 72.6 Å². The third kappa shape index (κ3) is 5.22. The van der Waals surface area contributed by atoms with Crippen LogP contribution in [0.4, 0.5) is 24.5 Å². The standard InChI is InChI=1S/C29H27F3N2O4/c1-4-17-38-23-15-7-19(8-16-23)26(35)24-25(18-5-11-21(12-6-18)33(2)3)34(28(37)27(24)36)22-13-9-20(10-14-22)29(30,31)32/h5-16,25,35H,4,17H2,1-3H3/b26-24+. The molecule has 0 radical (unpaired) electrons. The van der Waals surface area contributed by atoms with E-state index >= 15 is 0 Å². The molecule has 1 fully saturated rings. The first-order valence-corrected chi connectivity index (χ1v) is 12.0. The fraction of sp³-hybridized carbons (Fsp3) is 0.241. The van der Waals surface area contributed by atoms with Crippen LogP contribution in [0.2, 0.25) is 0 Å². The Morgan fingerprint density at radius 1 is 0.947 bits per heavy atom. The summed E-state index contributed by atoms with van der Waals surface area (Å²) in [5.41, 5.74) is 0.741. The zero-order chi connectivity index (χ0) is 27.6. The van der Waals surface area contributed by atoms with Crippen LogP contribution in [0.3, 0.4) is 0 Å². The van der Waals surface area contributed by atoms with Gasteiger partial charge in [-0.3, -0.25) is 14.5 Å². The lowest BCUT2D eigenvalue weighted by molar-refractivity contribution is -0.137. The SMILES string of the molecule is CCCOc1ccc(/C(O)=C2\C(=O)C(=O)N(c3ccc(C(F)(F)F)cc3)C2c2ccc(N(C)C)cc2)cc1. The zero-order valence-corrected chi connectivity index (χ0v) is 21.1. The van der Waals surface area contributed by atoms with Crippen LogP contribution in [-0.4, -0.2) is 37.5 Å². The first-order chi connectivity index (χ1) is 18.0. The number of aliphatic hydroxyl groups excluding tert-OH is 1. The van der Waals surface area contributed by atoms with Crippen molar-refractivity contribution in [2.75, 3.05) is 30.5 Å². The number of anilines is 2. The van der Waals surface area contributed by atoms with Gasteiger partial charge in [0.05, 0.1) is 23.8 Å². The Balaban J connectivity index is 1.84. The molecule has 0 aromatic heterocycles. The van der Waals surface area contributed by atoms with Gasteiger partial charge in [-0.15, -0.1) is 0 Å². The van der Waals surface area contributed by atoms with E-state index in [0.717, 1.165) is 41.3 Å². The third-order valence-electron chi connectivity index (χ3n) is 6.24. The molecule has 0 bridgehead atoms. The number of hydrogen-bond donors (Lipinski definition) is 1. The quantitative estimate of drug-likeness (QED) is 0.227. The highest BCUT2D eigenvalue weighted by molar-refractivity contribution is 6.51. The van der Waals surface area contributed by atoms with E-state index in [1.807, 2.05) is 25.9 Å². The molecule has 1 heterocycles. The number of ether oxygens (including phenoxy) is 1. The fourth-order valence-corrected chi connectivity index (χ4v) is 4.26. The Morgan fingerprint density at radius 2 is 1.55 bits per heavy atom. The molecule has 1 amide bonds. The van der Waals surface area contributed by atoms with Crippen molar-refractivity contribution >= 4 is 28.8 Å². The van der Waals surface area contributed by atoms with Crippen molar-refractivity contribution in [3.05, 3.63) is 95.1 Å². The number of nitrogens with zero attached hydrogens (tertiary/aromatic N) is 2. The number of benzene rings is 3. The first-order valence-electron chi connectivity index (χ1n) is 12.0. The topological polar surface area (TPSA) is 70.1 Å². The minimum Gasteiger partial charge on any atom is -0.507 e. The van der Waals surface area contributed by atoms with Crippen LogP contribution in [0.1, 0.15) is 36.1 Å². The van der Waals surface area contributed by atoms with Crippen LogP contribution < -0.4 is 14.5 Å². The maximum absolute atomic E-state index is 13.3. The number of alkyl halides is 3. The number of ketones is 1. The van der Waals surface area contributed by atoms with Crippen LogP contribution in [0.15, 0.2) is 78.4 Å². The van der Waals surface area contributed by atoms with Gasteiger partial charge in [0.15, 0.2) is 0 Å². The molecule has 3 aromatic rings. The van der Waals surface area contributed by atoms with Crippen molar-refractivity contribution in [2.24, 2.45) is 0 Å². The zero-order valence-electron chi connectivity index (χ0n) is 21.1. The number of carbonyl (C=O) groups is 2. The molecule has 9 heteroatoms. The molecule has 38 heavy (non-hydrogen) atoms. The minimum atomic E-state index is -4.55. The Hall–Kier alpha value is -4.27. The Kier molecular flexibility index (Phi) is 7.48. The molecule has 6 nitrogen and oxygen atoms in total. The molecule has 1 N–H and O–H groups in total. The summed E-state index contributed by atoms with van der Waals surface area (Å²) < 4.78 is 45.0. The van der Waals surface area contributed by atoms with Gasteiger partial charge in [-0.1, -0.05) is 19.1 Å². The second-order valence-corrected chi connectivity index (χ2v) is 9.07. The predicted molar refractivity (Wildman–Crippen MR) is 139 cm³/mol. The van der Waals surface area contributed by atoms with Crippen LogP contribution >= 0.6 is 0 Å². The van der Waals surface area contributed by atoms with Crippen LogP contribution in [0.5, 0.6) is 5.75 Å². The molecule has 198 valence electrons. The lowest BCUT2D eigenvalue weighted by atomic mass is 9.94. The summed E-state index contributed by atoms with van der Waals surface area (Å²) in [6.07, 6.45) is -3.73. The molecule has 1 aliphatic rings. The average molecular weight is 525 g/mol. The van der Waals surface area contributed by atoms with Gasteiger partial charge >= 0.3 is 6.18 Å². The predicted octanol–water partition coefficient (Wildman–Crippen LogP) is 6.19. The summed E-state index contributed by atoms with van der Waals surface area (Å²) in [7, 11) is 3.72. The molecular formula is C29H27F3N2O4. The van der Waals surface area contributed by atoms with Crippen molar-refractivity contribution in [3.8, 4) is 5.75 Å². The molecule has 0 spiro atoms. The third-order valence-corrected chi connectivity index (χ3v) is 6.24. The Morgan fingerprint density at radius 3 is 2.08 bits per heavy atom. The number of carbonyl (C=O) groups excluding carboxylic acids is 2. The van der Waals surface area contributed by atoms with Crippen LogP contribution in [0, 0.1) is 0 Å². The highest BCUT2D eigenvalue weighted by Gasteiger charge is 2.47. The van der Waals surface area contributed by atoms with Gasteiger partial charge in [0.2, 0.25) is 0 Å². The van der Waals surface area contributed by atoms with Crippen molar-refractivity contribution in [3.63, 3.8) is 0 Å². The van der Waals surface area contributed by atoms with E-state index in [2.05, 4.69) is 0 Å². The molecular weight excluding hydrogens is 497 g/mol. The molecule has 1 aliphatic heterocycles. The first kappa shape index (κ1) is 26.8. The van der Waals surface area contributed by atoms with Gasteiger partial charge in [0, 0.05) is 31.0 Å². The van der Waals surface area contributed by atoms with E-state index in [1.165, 1.54) is 0 Å². The number of hydrogen-bond acceptors (Lipinski definition) is 5. The van der Waals surface area contributed by atoms with Gasteiger partial charge in [0.1, 0.15) is 11.5 Å². The second-order valence-electron chi connectivity index (χ2n) is 9.07. The lowest BCUT2D eigenvalue weighted by Gasteiger charge is -2.26. The summed E-state index contributed by atoms with van der Waals surface area (Å²) in [5, 5.41) is 11.2. The maximum Gasteiger partial charge on any atom is 0.416 e. The van der Waals surface area contributed by atoms with Crippen molar-refractivity contribution < 1.29 is 32.6 Å².